The lowest BCUT2D eigenvalue weighted by Crippen LogP contribution is -2.47. The summed E-state index contributed by atoms with van der Waals surface area (Å²) in [6.45, 7) is 7.26. The van der Waals surface area contributed by atoms with Gasteiger partial charge in [-0.2, -0.15) is 0 Å². The molecule has 2 amide bonds. The van der Waals surface area contributed by atoms with Crippen molar-refractivity contribution in [2.75, 3.05) is 45.0 Å². The third-order valence-electron chi connectivity index (χ3n) is 16.7. The molecule has 21 heteroatoms. The van der Waals surface area contributed by atoms with Crippen molar-refractivity contribution in [2.24, 2.45) is 14.1 Å². The van der Waals surface area contributed by atoms with Gasteiger partial charge in [0.2, 0.25) is 0 Å². The second kappa shape index (κ2) is 27.4. The zero-order valence-electron chi connectivity index (χ0n) is 48.2. The Morgan fingerprint density at radius 1 is 0.547 bits per heavy atom. The van der Waals surface area contributed by atoms with E-state index in [1.807, 2.05) is 86.2 Å². The minimum absolute atomic E-state index is 0. The summed E-state index contributed by atoms with van der Waals surface area (Å²) in [6.07, 6.45) is 3.81. The maximum absolute atomic E-state index is 14.3. The number of anilines is 1. The number of benzene rings is 6. The minimum atomic E-state index is -1.05. The van der Waals surface area contributed by atoms with Crippen LogP contribution >= 0.6 is 23.2 Å². The van der Waals surface area contributed by atoms with E-state index in [1.54, 1.807) is 40.7 Å². The molecule has 0 spiro atoms. The van der Waals surface area contributed by atoms with E-state index in [-0.39, 0.29) is 31.6 Å². The van der Waals surface area contributed by atoms with Crippen molar-refractivity contribution >= 4 is 46.7 Å². The third kappa shape index (κ3) is 14.0. The van der Waals surface area contributed by atoms with Crippen molar-refractivity contribution in [3.05, 3.63) is 238 Å². The van der Waals surface area contributed by atoms with E-state index in [1.165, 1.54) is 38.7 Å². The molecule has 0 atom stereocenters. The molecule has 0 radical (unpaired) electrons. The maximum Gasteiger partial charge on any atom is 0.335 e. The number of nitrogens with two attached hydrogens (primary N) is 1. The van der Waals surface area contributed by atoms with Crippen LogP contribution in [0.4, 0.5) is 23.2 Å². The summed E-state index contributed by atoms with van der Waals surface area (Å²) in [5.41, 5.74) is 11.7. The average Bonchev–Trinajstić information content (AvgIpc) is 3.41. The Hall–Kier alpha value is -8.23. The molecular weight excluding hydrogens is 1150 g/mol. The molecule has 2 saturated heterocycles. The van der Waals surface area contributed by atoms with Crippen LogP contribution in [-0.2, 0) is 40.0 Å². The summed E-state index contributed by atoms with van der Waals surface area (Å²) in [7, 11) is 3.65. The van der Waals surface area contributed by atoms with Crippen LogP contribution in [0.1, 0.15) is 93.3 Å². The molecule has 3 N–H and O–H groups in total. The van der Waals surface area contributed by atoms with Crippen LogP contribution in [0.2, 0.25) is 10.0 Å². The van der Waals surface area contributed by atoms with Crippen LogP contribution in [0.5, 0.6) is 0 Å². The SMILES string of the molecule is Cc1c(CN(CCc2ccc(Cl)cc2)C2CCN(C(=O)c3c(F)cccc3F)CC2)c(=O)n(-c2ccc(C(=O)O)cc2)n1C.Cc1c(CN(CCc2ccc(Cl)cc2)C2CCN(C(=O)c3c(F)cccc3F)CC2)c(=O)n(-c2ccc(N)cc2)n1C.[HH].[HH]. The summed E-state index contributed by atoms with van der Waals surface area (Å²) in [5, 5.41) is 10.6. The first kappa shape index (κ1) is 62.3. The number of nitrogen functional groups attached to an aromatic ring is 1. The van der Waals surface area contributed by atoms with E-state index >= 15 is 0 Å². The number of hydrogen-bond donors (Lipinski definition) is 2. The summed E-state index contributed by atoms with van der Waals surface area (Å²) in [6, 6.07) is 35.6. The summed E-state index contributed by atoms with van der Waals surface area (Å²) < 4.78 is 64.0. The number of hydrogen-bond acceptors (Lipinski definition) is 8. The molecule has 0 bridgehead atoms. The van der Waals surface area contributed by atoms with Gasteiger partial charge in [0.15, 0.2) is 0 Å². The van der Waals surface area contributed by atoms with E-state index in [2.05, 4.69) is 9.80 Å². The van der Waals surface area contributed by atoms with Gasteiger partial charge < -0.3 is 20.6 Å². The minimum Gasteiger partial charge on any atom is -0.478 e. The Morgan fingerprint density at radius 2 is 0.884 bits per heavy atom. The lowest BCUT2D eigenvalue weighted by molar-refractivity contribution is 0.0592. The van der Waals surface area contributed by atoms with Crippen LogP contribution in [0.15, 0.2) is 143 Å². The van der Waals surface area contributed by atoms with E-state index in [9.17, 15) is 46.6 Å². The first-order valence-electron chi connectivity index (χ1n) is 28.4. The molecule has 4 heterocycles. The fourth-order valence-corrected chi connectivity index (χ4v) is 11.7. The van der Waals surface area contributed by atoms with Gasteiger partial charge in [-0.3, -0.25) is 38.3 Å². The van der Waals surface area contributed by atoms with Gasteiger partial charge in [-0.25, -0.2) is 31.7 Å². The van der Waals surface area contributed by atoms with Gasteiger partial charge in [0.05, 0.1) is 28.1 Å². The molecule has 2 fully saturated rings. The van der Waals surface area contributed by atoms with Gasteiger partial charge in [-0.15, -0.1) is 0 Å². The normalized spacial score (nSPS) is 14.0. The number of piperidine rings is 2. The number of nitrogens with zero attached hydrogens (tertiary/aromatic N) is 8. The molecule has 15 nitrogen and oxygen atoms in total. The van der Waals surface area contributed by atoms with Gasteiger partial charge in [-0.1, -0.05) is 59.6 Å². The predicted molar refractivity (Wildman–Crippen MR) is 329 cm³/mol. The number of carboxylic acid groups (broad SMARTS) is 1. The molecule has 8 aromatic rings. The van der Waals surface area contributed by atoms with Gasteiger partial charge in [0.25, 0.3) is 22.9 Å². The van der Waals surface area contributed by atoms with Crippen LogP contribution in [0.3, 0.4) is 0 Å². The fourth-order valence-electron chi connectivity index (χ4n) is 11.5. The highest BCUT2D eigenvalue weighted by Crippen LogP contribution is 2.27. The number of rotatable bonds is 17. The Balaban J connectivity index is 0.000000246. The highest BCUT2D eigenvalue weighted by Gasteiger charge is 2.33. The molecule has 454 valence electrons. The third-order valence-corrected chi connectivity index (χ3v) is 17.2. The number of likely N-dealkylation sites (tertiary alicyclic amines) is 2. The zero-order valence-corrected chi connectivity index (χ0v) is 49.7. The Labute approximate surface area is 508 Å². The monoisotopic (exact) mass is 1220 g/mol. The number of amides is 2. The number of carbonyl (C=O) groups excluding carboxylic acids is 2. The smallest absolute Gasteiger partial charge is 0.335 e. The number of aromatic carboxylic acids is 1. The highest BCUT2D eigenvalue weighted by atomic mass is 35.5. The summed E-state index contributed by atoms with van der Waals surface area (Å²) in [4.78, 5) is 72.4. The largest absolute Gasteiger partial charge is 0.478 e. The molecule has 2 aromatic heterocycles. The first-order chi connectivity index (χ1) is 41.2. The average molecular weight is 1220 g/mol. The number of carboxylic acids is 1. The first-order valence-corrected chi connectivity index (χ1v) is 29.1. The second-order valence-corrected chi connectivity index (χ2v) is 22.7. The quantitative estimate of drug-likeness (QED) is 0.0667. The molecule has 0 saturated carbocycles. The van der Waals surface area contributed by atoms with Gasteiger partial charge >= 0.3 is 5.97 Å². The highest BCUT2D eigenvalue weighted by molar-refractivity contribution is 6.30. The molecule has 2 aliphatic rings. The predicted octanol–water partition coefficient (Wildman–Crippen LogP) is 11.3. The summed E-state index contributed by atoms with van der Waals surface area (Å²) in [5.74, 6) is -5.82. The molecule has 2 aliphatic heterocycles. The van der Waals surface area contributed by atoms with E-state index in [0.29, 0.717) is 117 Å². The van der Waals surface area contributed by atoms with E-state index in [4.69, 9.17) is 28.9 Å². The Kier molecular flexibility index (Phi) is 19.9. The van der Waals surface area contributed by atoms with Gasteiger partial charge in [0, 0.05) is 109 Å². The second-order valence-electron chi connectivity index (χ2n) is 21.8. The van der Waals surface area contributed by atoms with Crippen LogP contribution in [0, 0.1) is 37.1 Å². The molecule has 6 aromatic carbocycles. The maximum atomic E-state index is 14.3. The van der Waals surface area contributed by atoms with Crippen LogP contribution in [-0.4, -0.2) is 113 Å². The van der Waals surface area contributed by atoms with Gasteiger partial charge in [0.1, 0.15) is 34.4 Å². The number of halogens is 6. The van der Waals surface area contributed by atoms with Crippen molar-refractivity contribution < 1.29 is 39.9 Å². The molecule has 86 heavy (non-hydrogen) atoms. The molecule has 0 unspecified atom stereocenters. The van der Waals surface area contributed by atoms with Crippen LogP contribution < -0.4 is 16.9 Å². The Morgan fingerprint density at radius 3 is 1.22 bits per heavy atom. The number of carbonyl (C=O) groups is 3. The topological polar surface area (TPSA) is 164 Å². The van der Waals surface area contributed by atoms with Crippen molar-refractivity contribution in [1.82, 2.24) is 38.3 Å². The van der Waals surface area contributed by atoms with Crippen molar-refractivity contribution in [3.63, 3.8) is 0 Å². The van der Waals surface area contributed by atoms with Crippen LogP contribution in [0.25, 0.3) is 11.4 Å². The van der Waals surface area contributed by atoms with E-state index in [0.717, 1.165) is 58.9 Å². The van der Waals surface area contributed by atoms with Crippen molar-refractivity contribution in [2.45, 2.75) is 77.5 Å². The van der Waals surface area contributed by atoms with E-state index < -0.39 is 52.2 Å². The Bertz CT molecular complexity index is 3830. The van der Waals surface area contributed by atoms with Gasteiger partial charge in [-0.05, 0) is 161 Å². The molecule has 0 aliphatic carbocycles. The molecular formula is C65H71Cl2F4N9O6. The fraction of sp³-hybridized carbons (Fsp3) is 0.308. The van der Waals surface area contributed by atoms with Crippen molar-refractivity contribution in [3.8, 4) is 11.4 Å². The number of aromatic nitrogens is 4. The summed E-state index contributed by atoms with van der Waals surface area (Å²) >= 11 is 12.2. The lowest BCUT2D eigenvalue weighted by Gasteiger charge is -2.38. The molecule has 10 rings (SSSR count). The zero-order chi connectivity index (χ0) is 61.5. The standard InChI is InChI=1S/C33H33ClF2N4O4.C32H34ClF2N5O2.2H2/c1-21-27(31(41)40(37(21)2)26-12-8-23(9-13-26)33(43)44)20-39(17-14-22-6-10-24(34)11-7-22)25-15-18-38(19-16-25)32(42)30-28(35)4-3-5-29(30)36;1-21-27(31(41)40(37(21)2)26-12-10-24(36)11-13-26)20-39(17-14-22-6-8-23(33)9-7-22)25-15-18-38(19-16-25)32(42)30-28(34)4-3-5-29(30)35;;/h3-13,25H,14-20H2,1-2H3,(H,43,44);3-13,25H,14-20,36H2,1-2H3;2*1H. The van der Waals surface area contributed by atoms with Crippen molar-refractivity contribution in [1.29, 1.82) is 0 Å². The lowest BCUT2D eigenvalue weighted by atomic mass is 10.00.